The van der Waals surface area contributed by atoms with E-state index >= 15 is 0 Å². The molecule has 338 valence electrons. The van der Waals surface area contributed by atoms with Crippen LogP contribution < -0.4 is 9.80 Å². The Labute approximate surface area is 410 Å². The van der Waals surface area contributed by atoms with Gasteiger partial charge in [0.2, 0.25) is 11.8 Å². The Morgan fingerprint density at radius 2 is 0.597 bits per heavy atom. The Hall–Kier alpha value is -9.92. The number of aromatic nitrogens is 2. The molecule has 15 aromatic rings. The Bertz CT molecular complexity index is 4310. The first-order chi connectivity index (χ1) is 35.6. The predicted octanol–water partition coefficient (Wildman–Crippen LogP) is 18.3. The minimum Gasteiger partial charge on any atom is -0.456 e. The molecule has 0 spiro atoms. The van der Waals surface area contributed by atoms with Crippen LogP contribution >= 0.6 is 0 Å². The zero-order valence-corrected chi connectivity index (χ0v) is 38.4. The van der Waals surface area contributed by atoms with Gasteiger partial charge in [0, 0.05) is 91.1 Å². The van der Waals surface area contributed by atoms with Crippen molar-refractivity contribution in [2.75, 3.05) is 9.80 Å². The summed E-state index contributed by atoms with van der Waals surface area (Å²) in [5.41, 5.74) is 13.9. The fourth-order valence-corrected chi connectivity index (χ4v) is 10.4. The lowest BCUT2D eigenvalue weighted by molar-refractivity contribution is 0.619. The second-order valence-corrected chi connectivity index (χ2v) is 18.2. The van der Waals surface area contributed by atoms with Crippen molar-refractivity contribution in [3.8, 4) is 22.9 Å². The molecule has 0 bridgehead atoms. The maximum absolute atomic E-state index is 6.44. The minimum atomic E-state index is 0.586. The van der Waals surface area contributed by atoms with E-state index in [4.69, 9.17) is 27.6 Å². The molecule has 0 aliphatic rings. The van der Waals surface area contributed by atoms with Crippen LogP contribution in [0.5, 0.6) is 0 Å². The first-order valence-electron chi connectivity index (χ1n) is 23.9. The van der Waals surface area contributed by atoms with Crippen molar-refractivity contribution in [3.63, 3.8) is 0 Å². The molecule has 0 saturated heterocycles. The van der Waals surface area contributed by atoms with Crippen LogP contribution in [0.1, 0.15) is 0 Å². The van der Waals surface area contributed by atoms with Gasteiger partial charge in [-0.1, -0.05) is 97.1 Å². The second kappa shape index (κ2) is 15.8. The summed E-state index contributed by atoms with van der Waals surface area (Å²) in [5, 5.41) is 8.81. The molecule has 4 heterocycles. The molecule has 72 heavy (non-hydrogen) atoms. The highest BCUT2D eigenvalue weighted by molar-refractivity contribution is 6.11. The standard InChI is InChI=1S/C64H38N4O4/c1-3-11-39(12-4-1)63-65-55-31-25-47(37-61(55)71-63)67(45-23-29-53-51-15-7-9-17-57(51)69-59(53)35-45)43-21-27-49-41(33-43)19-20-42-34-44(22-28-50(42)49)68(46-24-30-54-52-16-8-10-18-58(52)70-60(54)36-46)48-26-32-56-62(38-48)72-64(66-56)40-13-5-2-6-14-40/h1-38H. The van der Waals surface area contributed by atoms with Gasteiger partial charge in [0.15, 0.2) is 11.2 Å². The molecular weight excluding hydrogens is 889 g/mol. The highest BCUT2D eigenvalue weighted by atomic mass is 16.4. The number of hydrogen-bond acceptors (Lipinski definition) is 8. The summed E-state index contributed by atoms with van der Waals surface area (Å²) >= 11 is 0. The van der Waals surface area contributed by atoms with E-state index in [1.807, 2.05) is 109 Å². The average Bonchev–Trinajstić information content (AvgIpc) is 4.24. The third-order valence-corrected chi connectivity index (χ3v) is 13.9. The summed E-state index contributed by atoms with van der Waals surface area (Å²) in [7, 11) is 0. The molecule has 0 amide bonds. The van der Waals surface area contributed by atoms with Crippen molar-refractivity contribution in [1.29, 1.82) is 0 Å². The van der Waals surface area contributed by atoms with E-state index in [1.165, 1.54) is 0 Å². The highest BCUT2D eigenvalue weighted by Crippen LogP contribution is 2.44. The number of oxazole rings is 2. The molecule has 0 aliphatic carbocycles. The zero-order chi connectivity index (χ0) is 47.3. The maximum atomic E-state index is 6.44. The molecule has 0 fully saturated rings. The smallest absolute Gasteiger partial charge is 0.227 e. The quantitative estimate of drug-likeness (QED) is 0.139. The third-order valence-electron chi connectivity index (χ3n) is 13.9. The van der Waals surface area contributed by atoms with Gasteiger partial charge in [-0.05, 0) is 131 Å². The highest BCUT2D eigenvalue weighted by Gasteiger charge is 2.21. The zero-order valence-electron chi connectivity index (χ0n) is 38.4. The van der Waals surface area contributed by atoms with E-state index in [9.17, 15) is 0 Å². The second-order valence-electron chi connectivity index (χ2n) is 18.2. The number of furan rings is 2. The molecule has 8 nitrogen and oxygen atoms in total. The van der Waals surface area contributed by atoms with Crippen LogP contribution in [0.25, 0.3) is 111 Å². The Morgan fingerprint density at radius 3 is 1.04 bits per heavy atom. The van der Waals surface area contributed by atoms with Gasteiger partial charge >= 0.3 is 0 Å². The molecule has 0 saturated carbocycles. The van der Waals surface area contributed by atoms with Gasteiger partial charge in [-0.2, -0.15) is 0 Å². The number of rotatable bonds is 8. The van der Waals surface area contributed by atoms with Gasteiger partial charge in [-0.25, -0.2) is 9.97 Å². The minimum absolute atomic E-state index is 0.586. The topological polar surface area (TPSA) is 84.8 Å². The van der Waals surface area contributed by atoms with Gasteiger partial charge in [0.25, 0.3) is 0 Å². The van der Waals surface area contributed by atoms with Gasteiger partial charge in [0.05, 0.1) is 0 Å². The predicted molar refractivity (Wildman–Crippen MR) is 291 cm³/mol. The van der Waals surface area contributed by atoms with Gasteiger partial charge in [-0.3, -0.25) is 0 Å². The first-order valence-corrected chi connectivity index (χ1v) is 23.9. The van der Waals surface area contributed by atoms with Crippen LogP contribution in [0.4, 0.5) is 34.1 Å². The van der Waals surface area contributed by atoms with Crippen molar-refractivity contribution in [1.82, 2.24) is 9.97 Å². The molecule has 0 N–H and O–H groups in total. The lowest BCUT2D eigenvalue weighted by Gasteiger charge is -2.26. The average molecular weight is 927 g/mol. The van der Waals surface area contributed by atoms with Gasteiger partial charge in [-0.15, -0.1) is 0 Å². The molecule has 0 unspecified atom stereocenters. The fraction of sp³-hybridized carbons (Fsp3) is 0. The maximum Gasteiger partial charge on any atom is 0.227 e. The Kier molecular flexibility index (Phi) is 8.79. The summed E-state index contributed by atoms with van der Waals surface area (Å²) in [6.45, 7) is 0. The summed E-state index contributed by atoms with van der Waals surface area (Å²) in [5.74, 6) is 1.17. The summed E-state index contributed by atoms with van der Waals surface area (Å²) in [6, 6.07) is 79.5. The molecule has 11 aromatic carbocycles. The number of hydrogen-bond donors (Lipinski definition) is 0. The molecule has 0 aliphatic heterocycles. The number of benzene rings is 11. The first kappa shape index (κ1) is 40.0. The van der Waals surface area contributed by atoms with E-state index in [0.717, 1.165) is 122 Å². The van der Waals surface area contributed by atoms with Crippen molar-refractivity contribution in [3.05, 3.63) is 231 Å². The Balaban J connectivity index is 0.852. The van der Waals surface area contributed by atoms with Crippen LogP contribution in [0, 0.1) is 0 Å². The lowest BCUT2D eigenvalue weighted by atomic mass is 10.00. The van der Waals surface area contributed by atoms with E-state index in [1.54, 1.807) is 0 Å². The van der Waals surface area contributed by atoms with Gasteiger partial charge in [0.1, 0.15) is 33.4 Å². The van der Waals surface area contributed by atoms with Crippen molar-refractivity contribution < 1.29 is 17.7 Å². The number of nitrogens with zero attached hydrogens (tertiary/aromatic N) is 4. The molecule has 4 aromatic heterocycles. The van der Waals surface area contributed by atoms with Crippen LogP contribution in [0.2, 0.25) is 0 Å². The summed E-state index contributed by atoms with van der Waals surface area (Å²) in [6.07, 6.45) is 0. The third kappa shape index (κ3) is 6.54. The van der Waals surface area contributed by atoms with Crippen molar-refractivity contribution in [2.24, 2.45) is 0 Å². The van der Waals surface area contributed by atoms with E-state index in [-0.39, 0.29) is 0 Å². The normalized spacial score (nSPS) is 11.9. The monoisotopic (exact) mass is 926 g/mol. The van der Waals surface area contributed by atoms with Crippen LogP contribution in [0.15, 0.2) is 248 Å². The SMILES string of the molecule is c1ccc(-c2nc3ccc(N(c4ccc5c(ccc6cc(N(c7ccc8nc(-c9ccccc9)oc8c7)c7ccc8c(c7)oc7ccccc78)ccc65)c4)c4ccc5c(c4)oc4ccccc45)cc3o2)cc1. The Morgan fingerprint density at radius 1 is 0.250 bits per heavy atom. The fourth-order valence-electron chi connectivity index (χ4n) is 10.4. The van der Waals surface area contributed by atoms with E-state index in [2.05, 4.69) is 131 Å². The number of anilines is 6. The number of fused-ring (bicyclic) bond motifs is 11. The molecule has 8 heteroatoms. The number of para-hydroxylation sites is 2. The van der Waals surface area contributed by atoms with Gasteiger partial charge < -0.3 is 27.5 Å². The van der Waals surface area contributed by atoms with Crippen molar-refractivity contribution in [2.45, 2.75) is 0 Å². The molecule has 0 radical (unpaired) electrons. The lowest BCUT2D eigenvalue weighted by Crippen LogP contribution is -2.10. The van der Waals surface area contributed by atoms with Crippen LogP contribution in [-0.4, -0.2) is 9.97 Å². The largest absolute Gasteiger partial charge is 0.456 e. The summed E-state index contributed by atoms with van der Waals surface area (Å²) < 4.78 is 25.7. The molecule has 15 rings (SSSR count). The van der Waals surface area contributed by atoms with E-state index in [0.29, 0.717) is 22.9 Å². The molecule has 0 atom stereocenters. The van der Waals surface area contributed by atoms with Crippen LogP contribution in [0.3, 0.4) is 0 Å². The molecular formula is C64H38N4O4. The van der Waals surface area contributed by atoms with Crippen LogP contribution in [-0.2, 0) is 0 Å². The van der Waals surface area contributed by atoms with Crippen molar-refractivity contribution >= 4 is 122 Å². The van der Waals surface area contributed by atoms with E-state index < -0.39 is 0 Å². The summed E-state index contributed by atoms with van der Waals surface area (Å²) in [4.78, 5) is 14.2.